The van der Waals surface area contributed by atoms with E-state index in [0.717, 1.165) is 4.57 Å². The smallest absolute Gasteiger partial charge is 0.267 e. The SMILES string of the molecule is O=c1c2cc3c(=O)n(-c4ccccn4)c(=O)c3cc2c(=O)n1CO. The number of benzene rings is 1. The molecule has 0 saturated heterocycles. The number of aliphatic hydroxyl groups is 1. The van der Waals surface area contributed by atoms with Crippen molar-refractivity contribution in [3.05, 3.63) is 77.9 Å². The average Bonchev–Trinajstić information content (AvgIpc) is 2.99. The van der Waals surface area contributed by atoms with E-state index in [0.29, 0.717) is 4.57 Å². The van der Waals surface area contributed by atoms with Gasteiger partial charge in [0, 0.05) is 6.20 Å². The third-order valence-corrected chi connectivity index (χ3v) is 4.00. The van der Waals surface area contributed by atoms with Gasteiger partial charge in [0.25, 0.3) is 22.2 Å². The predicted molar refractivity (Wildman–Crippen MR) is 86.2 cm³/mol. The maximum absolute atomic E-state index is 12.6. The Balaban J connectivity index is 2.20. The number of hydrogen-bond acceptors (Lipinski definition) is 6. The summed E-state index contributed by atoms with van der Waals surface area (Å²) in [5.41, 5.74) is -2.62. The fraction of sp³-hybridized carbons (Fsp3) is 0.0625. The van der Waals surface area contributed by atoms with E-state index < -0.39 is 29.0 Å². The van der Waals surface area contributed by atoms with Crippen molar-refractivity contribution >= 4 is 21.5 Å². The molecule has 0 radical (unpaired) electrons. The summed E-state index contributed by atoms with van der Waals surface area (Å²) in [6.45, 7) is -0.765. The van der Waals surface area contributed by atoms with Crippen LogP contribution in [0, 0.1) is 0 Å². The first-order chi connectivity index (χ1) is 11.5. The highest BCUT2D eigenvalue weighted by Crippen LogP contribution is 2.15. The fourth-order valence-electron chi connectivity index (χ4n) is 2.85. The lowest BCUT2D eigenvalue weighted by atomic mass is 10.1. The summed E-state index contributed by atoms with van der Waals surface area (Å²) in [4.78, 5) is 53.3. The number of hydrogen-bond donors (Lipinski definition) is 1. The van der Waals surface area contributed by atoms with Crippen molar-refractivity contribution in [2.75, 3.05) is 0 Å². The minimum Gasteiger partial charge on any atom is -0.376 e. The van der Waals surface area contributed by atoms with Crippen LogP contribution in [0.4, 0.5) is 0 Å². The van der Waals surface area contributed by atoms with Gasteiger partial charge in [0.05, 0.1) is 21.5 Å². The van der Waals surface area contributed by atoms with E-state index in [-0.39, 0.29) is 27.4 Å². The molecule has 4 aromatic rings. The van der Waals surface area contributed by atoms with Crippen molar-refractivity contribution < 1.29 is 5.11 Å². The zero-order valence-electron chi connectivity index (χ0n) is 12.1. The second kappa shape index (κ2) is 4.80. The summed E-state index contributed by atoms with van der Waals surface area (Å²) in [7, 11) is 0. The van der Waals surface area contributed by atoms with Gasteiger partial charge >= 0.3 is 0 Å². The van der Waals surface area contributed by atoms with Crippen LogP contribution in [0.3, 0.4) is 0 Å². The van der Waals surface area contributed by atoms with Crippen LogP contribution in [0.5, 0.6) is 0 Å². The predicted octanol–water partition coefficient (Wildman–Crippen LogP) is -0.754. The van der Waals surface area contributed by atoms with Gasteiger partial charge in [-0.25, -0.2) is 9.55 Å². The lowest BCUT2D eigenvalue weighted by molar-refractivity contribution is 0.204. The maximum Gasteiger partial charge on any atom is 0.267 e. The highest BCUT2D eigenvalue weighted by molar-refractivity contribution is 5.98. The van der Waals surface area contributed by atoms with Gasteiger partial charge in [-0.1, -0.05) is 6.07 Å². The van der Waals surface area contributed by atoms with Crippen molar-refractivity contribution in [3.8, 4) is 5.82 Å². The quantitative estimate of drug-likeness (QED) is 0.519. The molecule has 0 spiro atoms. The summed E-state index contributed by atoms with van der Waals surface area (Å²) in [5, 5.41) is 9.18. The first kappa shape index (κ1) is 14.2. The van der Waals surface area contributed by atoms with Crippen LogP contribution in [-0.2, 0) is 6.73 Å². The lowest BCUT2D eigenvalue weighted by Crippen LogP contribution is -2.25. The number of fused-ring (bicyclic) bond motifs is 2. The molecule has 118 valence electrons. The van der Waals surface area contributed by atoms with E-state index in [4.69, 9.17) is 5.11 Å². The lowest BCUT2D eigenvalue weighted by Gasteiger charge is -1.96. The molecular weight excluding hydrogens is 314 g/mol. The van der Waals surface area contributed by atoms with Crippen LogP contribution in [0.25, 0.3) is 27.4 Å². The zero-order valence-corrected chi connectivity index (χ0v) is 12.1. The molecule has 3 aromatic heterocycles. The third kappa shape index (κ3) is 1.68. The number of aliphatic hydroxyl groups excluding tert-OH is 1. The van der Waals surface area contributed by atoms with Crippen LogP contribution in [0.1, 0.15) is 0 Å². The number of aromatic nitrogens is 3. The van der Waals surface area contributed by atoms with Gasteiger partial charge < -0.3 is 5.11 Å². The molecule has 0 saturated carbocycles. The van der Waals surface area contributed by atoms with Crippen molar-refractivity contribution in [2.24, 2.45) is 0 Å². The van der Waals surface area contributed by atoms with Crippen molar-refractivity contribution in [2.45, 2.75) is 6.73 Å². The first-order valence-corrected chi connectivity index (χ1v) is 6.99. The van der Waals surface area contributed by atoms with E-state index in [2.05, 4.69) is 4.98 Å². The van der Waals surface area contributed by atoms with E-state index in [1.54, 1.807) is 12.1 Å². The summed E-state index contributed by atoms with van der Waals surface area (Å²) >= 11 is 0. The Morgan fingerprint density at radius 3 is 1.83 bits per heavy atom. The highest BCUT2D eigenvalue weighted by Gasteiger charge is 2.20. The fourth-order valence-corrected chi connectivity index (χ4v) is 2.85. The Morgan fingerprint density at radius 2 is 1.38 bits per heavy atom. The van der Waals surface area contributed by atoms with Crippen LogP contribution in [-0.4, -0.2) is 19.2 Å². The Bertz CT molecular complexity index is 1230. The van der Waals surface area contributed by atoms with Crippen LogP contribution >= 0.6 is 0 Å². The maximum atomic E-state index is 12.6. The van der Waals surface area contributed by atoms with Crippen LogP contribution in [0.15, 0.2) is 55.7 Å². The van der Waals surface area contributed by atoms with E-state index in [9.17, 15) is 19.2 Å². The summed E-state index contributed by atoms with van der Waals surface area (Å²) in [6.07, 6.45) is 1.45. The molecule has 1 N–H and O–H groups in total. The molecule has 0 fully saturated rings. The number of pyridine rings is 1. The molecule has 4 rings (SSSR count). The summed E-state index contributed by atoms with van der Waals surface area (Å²) < 4.78 is 1.55. The van der Waals surface area contributed by atoms with Gasteiger partial charge in [-0.3, -0.25) is 23.7 Å². The van der Waals surface area contributed by atoms with Gasteiger partial charge in [-0.05, 0) is 24.3 Å². The molecule has 24 heavy (non-hydrogen) atoms. The zero-order chi connectivity index (χ0) is 17.0. The molecule has 0 aliphatic heterocycles. The molecule has 0 amide bonds. The largest absolute Gasteiger partial charge is 0.376 e. The van der Waals surface area contributed by atoms with Crippen molar-refractivity contribution in [1.82, 2.24) is 14.1 Å². The molecule has 0 atom stereocenters. The van der Waals surface area contributed by atoms with Gasteiger partial charge in [-0.2, -0.15) is 0 Å². The summed E-state index contributed by atoms with van der Waals surface area (Å²) in [6, 6.07) is 7.25. The normalized spacial score (nSPS) is 11.5. The third-order valence-electron chi connectivity index (χ3n) is 4.00. The Morgan fingerprint density at radius 1 is 0.833 bits per heavy atom. The monoisotopic (exact) mass is 323 g/mol. The van der Waals surface area contributed by atoms with Gasteiger partial charge in [0.1, 0.15) is 12.5 Å². The minimum atomic E-state index is -0.765. The molecule has 8 heteroatoms. The van der Waals surface area contributed by atoms with Gasteiger partial charge in [0.2, 0.25) is 0 Å². The topological polar surface area (TPSA) is 111 Å². The molecule has 0 aliphatic rings. The molecule has 0 unspecified atom stereocenters. The molecule has 3 heterocycles. The molecule has 0 bridgehead atoms. The second-order valence-electron chi connectivity index (χ2n) is 5.26. The van der Waals surface area contributed by atoms with Gasteiger partial charge in [-0.15, -0.1) is 0 Å². The standard InChI is InChI=1S/C16H9N3O5/c20-7-18-13(21)8-5-10-11(6-9(8)14(18)22)16(24)19(15(10)23)12-3-1-2-4-17-12/h1-6,20H,7H2. The number of rotatable bonds is 2. The first-order valence-electron chi connectivity index (χ1n) is 6.99. The molecular formula is C16H9N3O5. The van der Waals surface area contributed by atoms with Crippen LogP contribution < -0.4 is 22.2 Å². The Hall–Kier alpha value is -3.39. The van der Waals surface area contributed by atoms with Crippen molar-refractivity contribution in [1.29, 1.82) is 0 Å². The Labute approximate surface area is 132 Å². The van der Waals surface area contributed by atoms with Gasteiger partial charge in [0.15, 0.2) is 0 Å². The van der Waals surface area contributed by atoms with E-state index in [1.165, 1.54) is 24.4 Å². The average molecular weight is 323 g/mol. The molecule has 0 aliphatic carbocycles. The minimum absolute atomic E-state index is 0.00294. The van der Waals surface area contributed by atoms with Crippen LogP contribution in [0.2, 0.25) is 0 Å². The second-order valence-corrected chi connectivity index (χ2v) is 5.26. The highest BCUT2D eigenvalue weighted by atomic mass is 16.3. The van der Waals surface area contributed by atoms with E-state index in [1.807, 2.05) is 0 Å². The van der Waals surface area contributed by atoms with E-state index >= 15 is 0 Å². The summed E-state index contributed by atoms with van der Waals surface area (Å²) in [5.74, 6) is 0.165. The Kier molecular flexibility index (Phi) is 2.84. The molecule has 8 nitrogen and oxygen atoms in total. The molecule has 1 aromatic carbocycles. The number of nitrogens with zero attached hydrogens (tertiary/aromatic N) is 3. The van der Waals surface area contributed by atoms with Crippen molar-refractivity contribution in [3.63, 3.8) is 0 Å².